The lowest BCUT2D eigenvalue weighted by Crippen LogP contribution is -2.51. The van der Waals surface area contributed by atoms with Gasteiger partial charge in [-0.15, -0.1) is 0 Å². The van der Waals surface area contributed by atoms with E-state index in [1.165, 1.54) is 0 Å². The van der Waals surface area contributed by atoms with Crippen LogP contribution in [-0.4, -0.2) is 57.1 Å². The summed E-state index contributed by atoms with van der Waals surface area (Å²) in [7, 11) is 0. The monoisotopic (exact) mass is 337 g/mol. The number of halogens is 1. The average molecular weight is 338 g/mol. The van der Waals surface area contributed by atoms with Crippen molar-refractivity contribution in [3.8, 4) is 0 Å². The number of rotatable bonds is 3. The minimum absolute atomic E-state index is 0.119. The highest BCUT2D eigenvalue weighted by Crippen LogP contribution is 2.42. The molecule has 2 aliphatic rings. The zero-order valence-electron chi connectivity index (χ0n) is 13.7. The molecule has 3 rings (SSSR count). The Morgan fingerprint density at radius 3 is 2.91 bits per heavy atom. The number of carbonyl (C=O) groups is 1. The fraction of sp³-hybridized carbons (Fsp3) is 0.647. The predicted molar refractivity (Wildman–Crippen MR) is 89.0 cm³/mol. The van der Waals surface area contributed by atoms with Crippen LogP contribution < -0.4 is 0 Å². The summed E-state index contributed by atoms with van der Waals surface area (Å²) >= 11 is 5.91. The molecule has 1 aromatic rings. The first-order chi connectivity index (χ1) is 10.9. The van der Waals surface area contributed by atoms with Crippen LogP contribution in [0.2, 0.25) is 5.02 Å². The normalized spacial score (nSPS) is 31.2. The van der Waals surface area contributed by atoms with Crippen molar-refractivity contribution in [3.63, 3.8) is 0 Å². The number of nitrogens with zero attached hydrogens (tertiary/aromatic N) is 3. The number of likely N-dealkylation sites (tertiary alicyclic amines) is 2. The Morgan fingerprint density at radius 2 is 2.30 bits per heavy atom. The van der Waals surface area contributed by atoms with Crippen LogP contribution >= 0.6 is 11.6 Å². The van der Waals surface area contributed by atoms with Gasteiger partial charge in [0.2, 0.25) is 5.91 Å². The molecule has 1 aromatic heterocycles. The highest BCUT2D eigenvalue weighted by molar-refractivity contribution is 6.30. The molecule has 0 aliphatic carbocycles. The van der Waals surface area contributed by atoms with Gasteiger partial charge in [-0.2, -0.15) is 0 Å². The number of hydrogen-bond acceptors (Lipinski definition) is 4. The summed E-state index contributed by atoms with van der Waals surface area (Å²) in [6, 6.07) is 4.18. The van der Waals surface area contributed by atoms with E-state index in [1.54, 1.807) is 13.1 Å². The molecule has 0 unspecified atom stereocenters. The second-order valence-electron chi connectivity index (χ2n) is 7.04. The molecular weight excluding hydrogens is 314 g/mol. The highest BCUT2D eigenvalue weighted by atomic mass is 35.5. The van der Waals surface area contributed by atoms with Gasteiger partial charge in [-0.25, -0.2) is 0 Å². The molecule has 0 saturated carbocycles. The zero-order chi connectivity index (χ0) is 16.6. The number of fused-ring (bicyclic) bond motifs is 1. The van der Waals surface area contributed by atoms with E-state index >= 15 is 0 Å². The molecule has 2 fully saturated rings. The number of aromatic nitrogens is 1. The third-order valence-corrected chi connectivity index (χ3v) is 5.62. The maximum Gasteiger partial charge on any atom is 0.219 e. The third-order valence-electron chi connectivity index (χ3n) is 5.40. The van der Waals surface area contributed by atoms with Gasteiger partial charge >= 0.3 is 0 Å². The fourth-order valence-corrected chi connectivity index (χ4v) is 4.25. The standard InChI is InChI=1S/C17H24ClN3O2/c1-12(23)20-6-5-16-13(9-20)7-17(2,11-22)21(16)10-15-4-3-14(18)8-19-15/h3-4,8,13,16,22H,5-7,9-11H2,1-2H3/t13-,16-,17+/m0/s1. The van der Waals surface area contributed by atoms with Gasteiger partial charge in [0.15, 0.2) is 0 Å². The second kappa shape index (κ2) is 6.38. The van der Waals surface area contributed by atoms with Crippen molar-refractivity contribution in [2.24, 2.45) is 5.92 Å². The predicted octanol–water partition coefficient (Wildman–Crippen LogP) is 1.93. The SMILES string of the molecule is CC(=O)N1CC[C@H]2[C@H](C1)C[C@](C)(CO)N2Cc1ccc(Cl)cn1. The number of aliphatic hydroxyl groups is 1. The quantitative estimate of drug-likeness (QED) is 0.915. The van der Waals surface area contributed by atoms with Gasteiger partial charge in [0.1, 0.15) is 0 Å². The van der Waals surface area contributed by atoms with Gasteiger partial charge in [-0.3, -0.25) is 14.7 Å². The molecule has 0 bridgehead atoms. The number of pyridine rings is 1. The van der Waals surface area contributed by atoms with Crippen LogP contribution in [0.3, 0.4) is 0 Å². The Labute approximate surface area is 142 Å². The summed E-state index contributed by atoms with van der Waals surface area (Å²) in [5.41, 5.74) is 0.701. The first-order valence-corrected chi connectivity index (χ1v) is 8.54. The highest BCUT2D eigenvalue weighted by Gasteiger charge is 2.50. The first-order valence-electron chi connectivity index (χ1n) is 8.16. The molecule has 126 valence electrons. The Bertz CT molecular complexity index is 580. The summed E-state index contributed by atoms with van der Waals surface area (Å²) in [4.78, 5) is 20.4. The maximum atomic E-state index is 11.7. The van der Waals surface area contributed by atoms with Gasteiger partial charge in [-0.05, 0) is 37.8 Å². The van der Waals surface area contributed by atoms with Crippen LogP contribution in [-0.2, 0) is 11.3 Å². The molecule has 0 radical (unpaired) electrons. The van der Waals surface area contributed by atoms with Gasteiger partial charge in [0.25, 0.3) is 0 Å². The lowest BCUT2D eigenvalue weighted by molar-refractivity contribution is -0.131. The number of piperidine rings is 1. The van der Waals surface area contributed by atoms with Gasteiger partial charge < -0.3 is 10.0 Å². The number of hydrogen-bond donors (Lipinski definition) is 1. The zero-order valence-corrected chi connectivity index (χ0v) is 14.5. The Hall–Kier alpha value is -1.17. The minimum Gasteiger partial charge on any atom is -0.394 e. The van der Waals surface area contributed by atoms with Gasteiger partial charge in [0.05, 0.1) is 17.3 Å². The van der Waals surface area contributed by atoms with Crippen molar-refractivity contribution in [3.05, 3.63) is 29.0 Å². The van der Waals surface area contributed by atoms with E-state index < -0.39 is 0 Å². The molecule has 2 saturated heterocycles. The van der Waals surface area contributed by atoms with Crippen LogP contribution in [0.4, 0.5) is 0 Å². The van der Waals surface area contributed by atoms with Gasteiger partial charge in [-0.1, -0.05) is 11.6 Å². The average Bonchev–Trinajstić information content (AvgIpc) is 2.81. The van der Waals surface area contributed by atoms with E-state index in [0.29, 0.717) is 23.5 Å². The molecule has 5 nitrogen and oxygen atoms in total. The van der Waals surface area contributed by atoms with E-state index in [-0.39, 0.29) is 18.1 Å². The van der Waals surface area contributed by atoms with E-state index in [1.807, 2.05) is 17.0 Å². The molecule has 23 heavy (non-hydrogen) atoms. The smallest absolute Gasteiger partial charge is 0.219 e. The van der Waals surface area contributed by atoms with Crippen molar-refractivity contribution in [1.82, 2.24) is 14.8 Å². The van der Waals surface area contributed by atoms with E-state index in [2.05, 4.69) is 16.8 Å². The lowest BCUT2D eigenvalue weighted by Gasteiger charge is -2.40. The molecule has 1 N–H and O–H groups in total. The number of aliphatic hydroxyl groups excluding tert-OH is 1. The van der Waals surface area contributed by atoms with Crippen LogP contribution in [0, 0.1) is 5.92 Å². The molecule has 3 atom stereocenters. The fourth-order valence-electron chi connectivity index (χ4n) is 4.14. The molecule has 1 amide bonds. The van der Waals surface area contributed by atoms with Crippen LogP contribution in [0.15, 0.2) is 18.3 Å². The van der Waals surface area contributed by atoms with Crippen LogP contribution in [0.5, 0.6) is 0 Å². The Balaban J connectivity index is 1.80. The summed E-state index contributed by atoms with van der Waals surface area (Å²) in [6.07, 6.45) is 3.53. The molecule has 0 spiro atoms. The molecule has 6 heteroatoms. The molecular formula is C17H24ClN3O2. The number of carbonyl (C=O) groups excluding carboxylic acids is 1. The summed E-state index contributed by atoms with van der Waals surface area (Å²) in [6.45, 7) is 6.15. The number of amides is 1. The third kappa shape index (κ3) is 3.23. The summed E-state index contributed by atoms with van der Waals surface area (Å²) in [5, 5.41) is 10.6. The first kappa shape index (κ1) is 16.7. The van der Waals surface area contributed by atoms with Crippen molar-refractivity contribution >= 4 is 17.5 Å². The molecule has 2 aliphatic heterocycles. The van der Waals surface area contributed by atoms with Crippen molar-refractivity contribution in [1.29, 1.82) is 0 Å². The van der Waals surface area contributed by atoms with E-state index in [9.17, 15) is 9.90 Å². The van der Waals surface area contributed by atoms with Crippen LogP contribution in [0.25, 0.3) is 0 Å². The molecule has 3 heterocycles. The van der Waals surface area contributed by atoms with Gasteiger partial charge in [0, 0.05) is 44.3 Å². The lowest BCUT2D eigenvalue weighted by atomic mass is 9.89. The van der Waals surface area contributed by atoms with Crippen LogP contribution in [0.1, 0.15) is 32.4 Å². The van der Waals surface area contributed by atoms with Crippen molar-refractivity contribution < 1.29 is 9.90 Å². The van der Waals surface area contributed by atoms with E-state index in [4.69, 9.17) is 11.6 Å². The maximum absolute atomic E-state index is 11.7. The summed E-state index contributed by atoms with van der Waals surface area (Å²) in [5.74, 6) is 0.559. The topological polar surface area (TPSA) is 56.7 Å². The molecule has 0 aromatic carbocycles. The van der Waals surface area contributed by atoms with E-state index in [0.717, 1.165) is 31.6 Å². The summed E-state index contributed by atoms with van der Waals surface area (Å²) < 4.78 is 0. The second-order valence-corrected chi connectivity index (χ2v) is 7.47. The van der Waals surface area contributed by atoms with Crippen molar-refractivity contribution in [2.45, 2.75) is 44.8 Å². The Morgan fingerprint density at radius 1 is 1.52 bits per heavy atom. The minimum atomic E-state index is -0.260. The largest absolute Gasteiger partial charge is 0.394 e. The Kier molecular flexibility index (Phi) is 4.63. The van der Waals surface area contributed by atoms with Crippen molar-refractivity contribution in [2.75, 3.05) is 19.7 Å².